The second-order valence-electron chi connectivity index (χ2n) is 5.28. The highest BCUT2D eigenvalue weighted by atomic mass is 19.1. The van der Waals surface area contributed by atoms with Gasteiger partial charge in [-0.05, 0) is 18.2 Å². The van der Waals surface area contributed by atoms with Crippen LogP contribution in [0.5, 0.6) is 0 Å². The number of imidazole rings is 1. The number of hydrogen-bond donors (Lipinski definition) is 3. The fraction of sp³-hybridized carbons (Fsp3) is 0.200. The van der Waals surface area contributed by atoms with Gasteiger partial charge in [0.05, 0.1) is 11.6 Å². The molecule has 2 heterocycles. The van der Waals surface area contributed by atoms with Gasteiger partial charge in [-0.2, -0.15) is 5.10 Å². The third-order valence-electron chi connectivity index (χ3n) is 3.56. The molecule has 0 fully saturated rings. The fourth-order valence-electron chi connectivity index (χ4n) is 2.24. The molecule has 0 saturated heterocycles. The van der Waals surface area contributed by atoms with Crippen LogP contribution in [0.25, 0.3) is 11.4 Å². The Bertz CT molecular complexity index is 843. The number of carbonyl (C=O) groups excluding carboxylic acids is 1. The predicted octanol–water partition coefficient (Wildman–Crippen LogP) is 0.853. The predicted molar refractivity (Wildman–Crippen MR) is 85.3 cm³/mol. The molecule has 0 spiro atoms. The van der Waals surface area contributed by atoms with E-state index in [9.17, 15) is 9.18 Å². The topological polar surface area (TPSA) is 115 Å². The molecular weight excluding hydrogens is 313 g/mol. The van der Waals surface area contributed by atoms with Crippen molar-refractivity contribution in [1.82, 2.24) is 24.7 Å². The van der Waals surface area contributed by atoms with E-state index in [4.69, 9.17) is 5.73 Å². The van der Waals surface area contributed by atoms with Gasteiger partial charge in [0.15, 0.2) is 5.82 Å². The number of nitrogens with one attached hydrogen (secondary N) is 2. The Balaban J connectivity index is 1.72. The van der Waals surface area contributed by atoms with Gasteiger partial charge in [0.25, 0.3) is 0 Å². The molecule has 0 aliphatic heterocycles. The molecule has 1 atom stereocenters. The number of nitrogens with two attached hydrogens (primary N) is 1. The van der Waals surface area contributed by atoms with Crippen LogP contribution in [0.2, 0.25) is 0 Å². The minimum atomic E-state index is -0.773. The number of anilines is 1. The highest BCUT2D eigenvalue weighted by Gasteiger charge is 2.17. The van der Waals surface area contributed by atoms with Crippen molar-refractivity contribution in [3.63, 3.8) is 0 Å². The van der Waals surface area contributed by atoms with Gasteiger partial charge in [0.1, 0.15) is 18.0 Å². The Hall–Kier alpha value is -3.07. The summed E-state index contributed by atoms with van der Waals surface area (Å²) in [5.41, 5.74) is 6.55. The summed E-state index contributed by atoms with van der Waals surface area (Å²) in [5.74, 6) is 0.134. The van der Waals surface area contributed by atoms with Crippen LogP contribution in [0, 0.1) is 5.82 Å². The number of nitrogens with zero attached hydrogens (tertiary/aromatic N) is 4. The van der Waals surface area contributed by atoms with E-state index in [0.717, 1.165) is 0 Å². The van der Waals surface area contributed by atoms with Crippen LogP contribution in [0.1, 0.15) is 5.82 Å². The van der Waals surface area contributed by atoms with Crippen molar-refractivity contribution in [3.05, 3.63) is 48.6 Å². The van der Waals surface area contributed by atoms with Crippen molar-refractivity contribution in [2.45, 2.75) is 12.5 Å². The minimum Gasteiger partial charge on any atom is -0.338 e. The minimum absolute atomic E-state index is 0.211. The van der Waals surface area contributed by atoms with Crippen molar-refractivity contribution in [1.29, 1.82) is 0 Å². The molecule has 9 heteroatoms. The molecule has 8 nitrogen and oxygen atoms in total. The second kappa shape index (κ2) is 6.59. The summed E-state index contributed by atoms with van der Waals surface area (Å²) in [7, 11) is 1.83. The van der Waals surface area contributed by atoms with Crippen LogP contribution < -0.4 is 11.1 Å². The van der Waals surface area contributed by atoms with Gasteiger partial charge < -0.3 is 15.6 Å². The first-order valence-electron chi connectivity index (χ1n) is 7.22. The van der Waals surface area contributed by atoms with Crippen LogP contribution in [0.4, 0.5) is 10.1 Å². The Labute approximate surface area is 136 Å². The molecule has 2 aromatic heterocycles. The Morgan fingerprint density at radius 2 is 2.29 bits per heavy atom. The Morgan fingerprint density at radius 3 is 2.96 bits per heavy atom. The zero-order valence-corrected chi connectivity index (χ0v) is 12.9. The summed E-state index contributed by atoms with van der Waals surface area (Å²) in [6, 6.07) is 3.41. The quantitative estimate of drug-likeness (QED) is 0.642. The molecule has 24 heavy (non-hydrogen) atoms. The number of amides is 1. The van der Waals surface area contributed by atoms with Crippen LogP contribution >= 0.6 is 0 Å². The number of aromatic amines is 1. The van der Waals surface area contributed by atoms with Crippen molar-refractivity contribution >= 4 is 11.6 Å². The van der Waals surface area contributed by atoms with Crippen molar-refractivity contribution in [3.8, 4) is 11.4 Å². The number of hydrogen-bond acceptors (Lipinski definition) is 5. The van der Waals surface area contributed by atoms with Gasteiger partial charge in [-0.1, -0.05) is 0 Å². The molecule has 0 aliphatic carbocycles. The molecular formula is C15H16FN7O. The highest BCUT2D eigenvalue weighted by Crippen LogP contribution is 2.22. The lowest BCUT2D eigenvalue weighted by atomic mass is 10.1. The molecule has 0 aliphatic rings. The zero-order chi connectivity index (χ0) is 17.1. The normalized spacial score (nSPS) is 12.1. The largest absolute Gasteiger partial charge is 0.338 e. The van der Waals surface area contributed by atoms with Gasteiger partial charge in [0.2, 0.25) is 5.91 Å². The summed E-state index contributed by atoms with van der Waals surface area (Å²) >= 11 is 0. The van der Waals surface area contributed by atoms with Crippen molar-refractivity contribution in [2.24, 2.45) is 12.8 Å². The SMILES string of the molecule is Cn1ccnc1CC(N)C(=O)Nc1ccc(F)c(-c2ncn[nH]2)c1. The zero-order valence-electron chi connectivity index (χ0n) is 12.9. The van der Waals surface area contributed by atoms with Gasteiger partial charge >= 0.3 is 0 Å². The first-order chi connectivity index (χ1) is 11.5. The van der Waals surface area contributed by atoms with Crippen LogP contribution in [-0.2, 0) is 18.3 Å². The van der Waals surface area contributed by atoms with Gasteiger partial charge in [-0.3, -0.25) is 9.89 Å². The lowest BCUT2D eigenvalue weighted by Gasteiger charge is -2.13. The summed E-state index contributed by atoms with van der Waals surface area (Å²) < 4.78 is 15.7. The van der Waals surface area contributed by atoms with Crippen LogP contribution in [0.3, 0.4) is 0 Å². The number of aromatic nitrogens is 5. The molecule has 0 saturated carbocycles. The molecule has 0 radical (unpaired) electrons. The molecule has 0 bridgehead atoms. The van der Waals surface area contributed by atoms with E-state index in [0.29, 0.717) is 17.9 Å². The number of H-pyrrole nitrogens is 1. The highest BCUT2D eigenvalue weighted by molar-refractivity contribution is 5.95. The molecule has 1 aromatic carbocycles. The van der Waals surface area contributed by atoms with Gasteiger partial charge in [-0.15, -0.1) is 0 Å². The van der Waals surface area contributed by atoms with Crippen molar-refractivity contribution < 1.29 is 9.18 Å². The van der Waals surface area contributed by atoms with E-state index in [-0.39, 0.29) is 17.3 Å². The molecule has 4 N–H and O–H groups in total. The van der Waals surface area contributed by atoms with E-state index in [1.165, 1.54) is 24.5 Å². The lowest BCUT2D eigenvalue weighted by Crippen LogP contribution is -2.38. The van der Waals surface area contributed by atoms with E-state index in [1.807, 2.05) is 7.05 Å². The smallest absolute Gasteiger partial charge is 0.241 e. The number of rotatable bonds is 5. The third-order valence-corrected chi connectivity index (χ3v) is 3.56. The van der Waals surface area contributed by atoms with Gasteiger partial charge in [-0.25, -0.2) is 14.4 Å². The number of aryl methyl sites for hydroxylation is 1. The monoisotopic (exact) mass is 329 g/mol. The lowest BCUT2D eigenvalue weighted by molar-refractivity contribution is -0.117. The third kappa shape index (κ3) is 3.30. The average molecular weight is 329 g/mol. The molecule has 124 valence electrons. The standard InChI is InChI=1S/C15H16FN7O/c1-23-5-4-18-13(23)7-12(17)15(24)21-9-2-3-11(16)10(6-9)14-19-8-20-22-14/h2-6,8,12H,7,17H2,1H3,(H,21,24)(H,19,20,22). The second-order valence-corrected chi connectivity index (χ2v) is 5.28. The summed E-state index contributed by atoms with van der Waals surface area (Å²) in [6.07, 6.45) is 5.00. The maximum atomic E-state index is 13.9. The molecule has 3 aromatic rings. The Morgan fingerprint density at radius 1 is 1.46 bits per heavy atom. The average Bonchev–Trinajstić information content (AvgIpc) is 3.22. The van der Waals surface area contributed by atoms with E-state index >= 15 is 0 Å². The summed E-state index contributed by atoms with van der Waals surface area (Å²) in [4.78, 5) is 20.3. The first kappa shape index (κ1) is 15.8. The summed E-state index contributed by atoms with van der Waals surface area (Å²) in [6.45, 7) is 0. The summed E-state index contributed by atoms with van der Waals surface area (Å²) in [5, 5.41) is 8.95. The maximum absolute atomic E-state index is 13.9. The van der Waals surface area contributed by atoms with Crippen LogP contribution in [-0.4, -0.2) is 36.7 Å². The number of benzene rings is 1. The maximum Gasteiger partial charge on any atom is 0.241 e. The van der Waals surface area contributed by atoms with Gasteiger partial charge in [0, 0.05) is 31.5 Å². The van der Waals surface area contributed by atoms with Crippen molar-refractivity contribution in [2.75, 3.05) is 5.32 Å². The van der Waals surface area contributed by atoms with E-state index in [1.54, 1.807) is 17.0 Å². The van der Waals surface area contributed by atoms with E-state index in [2.05, 4.69) is 25.5 Å². The molecule has 1 amide bonds. The Kier molecular flexibility index (Phi) is 4.34. The van der Waals surface area contributed by atoms with E-state index < -0.39 is 11.9 Å². The van der Waals surface area contributed by atoms with Crippen LogP contribution in [0.15, 0.2) is 36.9 Å². The fourth-order valence-corrected chi connectivity index (χ4v) is 2.24. The molecule has 1 unspecified atom stereocenters. The molecule has 3 rings (SSSR count). The first-order valence-corrected chi connectivity index (χ1v) is 7.22. The number of halogens is 1. The number of carbonyl (C=O) groups is 1.